The number of furan rings is 1. The Morgan fingerprint density at radius 1 is 1.42 bits per heavy atom. The molecule has 1 unspecified atom stereocenters. The average Bonchev–Trinajstić information content (AvgIpc) is 2.98. The number of hydrogen-bond donors (Lipinski definition) is 2. The molecule has 100 valence electrons. The van der Waals surface area contributed by atoms with Gasteiger partial charge in [-0.1, -0.05) is 6.07 Å². The van der Waals surface area contributed by atoms with Gasteiger partial charge in [-0.25, -0.2) is 0 Å². The lowest BCUT2D eigenvalue weighted by molar-refractivity contribution is 0.0939. The fraction of sp³-hybridized carbons (Fsp3) is 0.286. The van der Waals surface area contributed by atoms with E-state index in [-0.39, 0.29) is 18.4 Å². The lowest BCUT2D eigenvalue weighted by Crippen LogP contribution is -2.31. The summed E-state index contributed by atoms with van der Waals surface area (Å²) in [6, 6.07) is 7.25. The molecule has 0 fully saturated rings. The number of nitrogens with one attached hydrogen (secondary N) is 1. The Bertz CT molecular complexity index is 497. The summed E-state index contributed by atoms with van der Waals surface area (Å²) in [6.07, 6.45) is 5.19. The summed E-state index contributed by atoms with van der Waals surface area (Å²) in [5, 5.41) is 12.1. The van der Waals surface area contributed by atoms with Gasteiger partial charge in [0.1, 0.15) is 6.26 Å². The third-order valence-corrected chi connectivity index (χ3v) is 2.82. The van der Waals surface area contributed by atoms with E-state index < -0.39 is 0 Å². The largest absolute Gasteiger partial charge is 0.472 e. The Hall–Kier alpha value is -2.14. The van der Waals surface area contributed by atoms with Crippen molar-refractivity contribution in [2.24, 2.45) is 5.92 Å². The summed E-state index contributed by atoms with van der Waals surface area (Å²) in [4.78, 5) is 15.9. The maximum atomic E-state index is 11.7. The van der Waals surface area contributed by atoms with Gasteiger partial charge < -0.3 is 14.8 Å². The Balaban J connectivity index is 1.84. The molecule has 0 spiro atoms. The van der Waals surface area contributed by atoms with Crippen molar-refractivity contribution < 1.29 is 14.3 Å². The maximum absolute atomic E-state index is 11.7. The van der Waals surface area contributed by atoms with Crippen molar-refractivity contribution in [2.45, 2.75) is 6.42 Å². The Labute approximate surface area is 111 Å². The van der Waals surface area contributed by atoms with Crippen molar-refractivity contribution in [1.82, 2.24) is 10.3 Å². The quantitative estimate of drug-likeness (QED) is 0.819. The second-order valence-electron chi connectivity index (χ2n) is 4.30. The van der Waals surface area contributed by atoms with Gasteiger partial charge >= 0.3 is 0 Å². The molecule has 2 N–H and O–H groups in total. The van der Waals surface area contributed by atoms with E-state index in [4.69, 9.17) is 4.42 Å². The second kappa shape index (κ2) is 6.70. The van der Waals surface area contributed by atoms with Crippen molar-refractivity contribution in [1.29, 1.82) is 0 Å². The highest BCUT2D eigenvalue weighted by molar-refractivity contribution is 5.93. The van der Waals surface area contributed by atoms with Crippen LogP contribution in [0.25, 0.3) is 0 Å². The third-order valence-electron chi connectivity index (χ3n) is 2.82. The molecule has 19 heavy (non-hydrogen) atoms. The van der Waals surface area contributed by atoms with E-state index in [0.717, 1.165) is 5.69 Å². The summed E-state index contributed by atoms with van der Waals surface area (Å²) in [5.74, 6) is -0.251. The van der Waals surface area contributed by atoms with E-state index in [1.807, 2.05) is 18.2 Å². The summed E-state index contributed by atoms with van der Waals surface area (Å²) in [6.45, 7) is 0.402. The van der Waals surface area contributed by atoms with Crippen molar-refractivity contribution in [3.8, 4) is 0 Å². The molecule has 0 aliphatic rings. The van der Waals surface area contributed by atoms with E-state index in [9.17, 15) is 9.90 Å². The lowest BCUT2D eigenvalue weighted by Gasteiger charge is -2.14. The smallest absolute Gasteiger partial charge is 0.254 e. The molecule has 5 heteroatoms. The van der Waals surface area contributed by atoms with Crippen LogP contribution in [0.2, 0.25) is 0 Å². The number of aliphatic hydroxyl groups is 1. The van der Waals surface area contributed by atoms with Gasteiger partial charge in [-0.05, 0) is 24.6 Å². The number of rotatable bonds is 6. The second-order valence-corrected chi connectivity index (χ2v) is 4.30. The van der Waals surface area contributed by atoms with Crippen LogP contribution in [0.4, 0.5) is 0 Å². The Kier molecular flexibility index (Phi) is 4.69. The summed E-state index contributed by atoms with van der Waals surface area (Å²) in [7, 11) is 0. The summed E-state index contributed by atoms with van der Waals surface area (Å²) >= 11 is 0. The van der Waals surface area contributed by atoms with Gasteiger partial charge in [-0.3, -0.25) is 9.78 Å². The fourth-order valence-corrected chi connectivity index (χ4v) is 1.75. The molecule has 1 amide bonds. The molecule has 0 saturated carbocycles. The van der Waals surface area contributed by atoms with E-state index in [0.29, 0.717) is 18.5 Å². The highest BCUT2D eigenvalue weighted by Gasteiger charge is 2.12. The molecule has 0 aliphatic heterocycles. The highest BCUT2D eigenvalue weighted by Crippen LogP contribution is 2.06. The van der Waals surface area contributed by atoms with Gasteiger partial charge in [0, 0.05) is 31.0 Å². The number of carbonyl (C=O) groups is 1. The SMILES string of the molecule is O=C(NCC(CO)Cc1ccccn1)c1ccoc1. The zero-order chi connectivity index (χ0) is 13.5. The van der Waals surface area contributed by atoms with E-state index >= 15 is 0 Å². The van der Waals surface area contributed by atoms with Crippen LogP contribution in [0.1, 0.15) is 16.1 Å². The highest BCUT2D eigenvalue weighted by atomic mass is 16.3. The minimum atomic E-state index is -0.201. The van der Waals surface area contributed by atoms with Crippen molar-refractivity contribution in [2.75, 3.05) is 13.2 Å². The summed E-state index contributed by atoms with van der Waals surface area (Å²) in [5.41, 5.74) is 1.38. The molecule has 0 saturated heterocycles. The zero-order valence-corrected chi connectivity index (χ0v) is 10.5. The van der Waals surface area contributed by atoms with Gasteiger partial charge in [0.25, 0.3) is 5.91 Å². The third kappa shape index (κ3) is 3.93. The topological polar surface area (TPSA) is 75.4 Å². The molecule has 0 radical (unpaired) electrons. The molecule has 2 heterocycles. The van der Waals surface area contributed by atoms with Gasteiger partial charge in [-0.2, -0.15) is 0 Å². The van der Waals surface area contributed by atoms with Crippen LogP contribution in [0, 0.1) is 5.92 Å². The zero-order valence-electron chi connectivity index (χ0n) is 10.5. The van der Waals surface area contributed by atoms with E-state index in [1.54, 1.807) is 12.3 Å². The molecule has 2 rings (SSSR count). The van der Waals surface area contributed by atoms with Gasteiger partial charge in [-0.15, -0.1) is 0 Å². The molecule has 0 aromatic carbocycles. The average molecular weight is 260 g/mol. The van der Waals surface area contributed by atoms with Crippen LogP contribution in [0.5, 0.6) is 0 Å². The Morgan fingerprint density at radius 2 is 2.32 bits per heavy atom. The van der Waals surface area contributed by atoms with Crippen molar-refractivity contribution >= 4 is 5.91 Å². The monoisotopic (exact) mass is 260 g/mol. The van der Waals surface area contributed by atoms with Crippen molar-refractivity contribution in [3.05, 3.63) is 54.2 Å². The maximum Gasteiger partial charge on any atom is 0.254 e. The van der Waals surface area contributed by atoms with Gasteiger partial charge in [0.15, 0.2) is 0 Å². The minimum absolute atomic E-state index is 0.00222. The first kappa shape index (κ1) is 13.3. The lowest BCUT2D eigenvalue weighted by atomic mass is 10.0. The van der Waals surface area contributed by atoms with Crippen molar-refractivity contribution in [3.63, 3.8) is 0 Å². The summed E-state index contributed by atoms with van der Waals surface area (Å²) < 4.78 is 4.84. The normalized spacial score (nSPS) is 12.1. The number of aliphatic hydroxyl groups excluding tert-OH is 1. The molecule has 0 aliphatic carbocycles. The predicted molar refractivity (Wildman–Crippen MR) is 69.6 cm³/mol. The van der Waals surface area contributed by atoms with E-state index in [1.165, 1.54) is 12.5 Å². The minimum Gasteiger partial charge on any atom is -0.472 e. The van der Waals surface area contributed by atoms with Gasteiger partial charge in [0.05, 0.1) is 11.8 Å². The fourth-order valence-electron chi connectivity index (χ4n) is 1.75. The molecule has 2 aromatic rings. The first-order chi connectivity index (χ1) is 9.29. The molecule has 5 nitrogen and oxygen atoms in total. The van der Waals surface area contributed by atoms with E-state index in [2.05, 4.69) is 10.3 Å². The van der Waals surface area contributed by atoms with Crippen LogP contribution in [-0.4, -0.2) is 29.1 Å². The van der Waals surface area contributed by atoms with Crippen LogP contribution in [0.3, 0.4) is 0 Å². The molecular weight excluding hydrogens is 244 g/mol. The number of hydrogen-bond acceptors (Lipinski definition) is 4. The molecule has 2 aromatic heterocycles. The number of amides is 1. The van der Waals surface area contributed by atoms with Crippen LogP contribution in [-0.2, 0) is 6.42 Å². The first-order valence-corrected chi connectivity index (χ1v) is 6.10. The first-order valence-electron chi connectivity index (χ1n) is 6.10. The van der Waals surface area contributed by atoms with Crippen LogP contribution in [0.15, 0.2) is 47.4 Å². The van der Waals surface area contributed by atoms with Gasteiger partial charge in [0.2, 0.25) is 0 Å². The van der Waals surface area contributed by atoms with Crippen LogP contribution < -0.4 is 5.32 Å². The van der Waals surface area contributed by atoms with Crippen LogP contribution >= 0.6 is 0 Å². The number of pyridine rings is 1. The number of nitrogens with zero attached hydrogens (tertiary/aromatic N) is 1. The number of aromatic nitrogens is 1. The molecular formula is C14H16N2O3. The molecule has 0 bridgehead atoms. The standard InChI is InChI=1S/C14H16N2O3/c17-9-11(7-13-3-1-2-5-15-13)8-16-14(18)12-4-6-19-10-12/h1-6,10-11,17H,7-9H2,(H,16,18). The Morgan fingerprint density at radius 3 is 2.95 bits per heavy atom. The molecule has 1 atom stereocenters. The predicted octanol–water partition coefficient (Wildman–Crippen LogP) is 1.26. The number of carbonyl (C=O) groups excluding carboxylic acids is 1.